The summed E-state index contributed by atoms with van der Waals surface area (Å²) >= 11 is 0. The molecule has 1 fully saturated rings. The van der Waals surface area contributed by atoms with Crippen LogP contribution in [0.4, 0.5) is 0 Å². The number of rotatable bonds is 6. The lowest BCUT2D eigenvalue weighted by Crippen LogP contribution is -2.25. The van der Waals surface area contributed by atoms with Gasteiger partial charge in [-0.1, -0.05) is 0 Å². The molecule has 0 atom stereocenters. The van der Waals surface area contributed by atoms with E-state index in [1.54, 1.807) is 45.4 Å². The summed E-state index contributed by atoms with van der Waals surface area (Å²) in [7, 11) is 3.14. The van der Waals surface area contributed by atoms with Crippen LogP contribution in [0.15, 0.2) is 41.1 Å². The molecule has 4 aromatic rings. The van der Waals surface area contributed by atoms with Crippen molar-refractivity contribution in [3.05, 3.63) is 48.0 Å². The molecule has 5 rings (SSSR count). The zero-order valence-corrected chi connectivity index (χ0v) is 17.4. The highest BCUT2D eigenvalue weighted by Gasteiger charge is 2.27. The first-order valence-corrected chi connectivity index (χ1v) is 9.96. The average Bonchev–Trinajstić information content (AvgIpc) is 3.52. The predicted molar refractivity (Wildman–Crippen MR) is 114 cm³/mol. The Kier molecular flexibility index (Phi) is 4.62. The molecule has 0 unspecified atom stereocenters. The molecular formula is C23H21N3O5. The van der Waals surface area contributed by atoms with Crippen LogP contribution in [0, 0.1) is 6.92 Å². The number of amides is 1. The van der Waals surface area contributed by atoms with Gasteiger partial charge in [-0.15, -0.1) is 0 Å². The third-order valence-electron chi connectivity index (χ3n) is 5.30. The lowest BCUT2D eigenvalue weighted by atomic mass is 10.1. The van der Waals surface area contributed by atoms with Gasteiger partial charge in [-0.25, -0.2) is 9.97 Å². The van der Waals surface area contributed by atoms with Gasteiger partial charge >= 0.3 is 0 Å². The molecule has 2 aromatic carbocycles. The van der Waals surface area contributed by atoms with Crippen molar-refractivity contribution in [1.29, 1.82) is 0 Å². The van der Waals surface area contributed by atoms with Crippen molar-refractivity contribution in [3.63, 3.8) is 0 Å². The summed E-state index contributed by atoms with van der Waals surface area (Å²) in [5.74, 6) is 2.51. The fourth-order valence-corrected chi connectivity index (χ4v) is 3.58. The molecule has 1 amide bonds. The van der Waals surface area contributed by atoms with Crippen molar-refractivity contribution in [2.75, 3.05) is 14.2 Å². The van der Waals surface area contributed by atoms with Gasteiger partial charge < -0.3 is 23.9 Å². The van der Waals surface area contributed by atoms with Gasteiger partial charge in [0.25, 0.3) is 5.91 Å². The topological polar surface area (TPSA) is 95.7 Å². The van der Waals surface area contributed by atoms with Gasteiger partial charge in [0.2, 0.25) is 5.88 Å². The molecule has 1 aliphatic carbocycles. The minimum atomic E-state index is -0.102. The van der Waals surface area contributed by atoms with E-state index in [1.807, 2.05) is 6.07 Å². The first-order chi connectivity index (χ1) is 15.1. The number of aryl methyl sites for hydroxylation is 1. The molecule has 8 nitrogen and oxygen atoms in total. The van der Waals surface area contributed by atoms with Crippen LogP contribution in [0.1, 0.15) is 29.0 Å². The van der Waals surface area contributed by atoms with Crippen LogP contribution in [0.5, 0.6) is 23.1 Å². The number of nitrogens with zero attached hydrogens (tertiary/aromatic N) is 2. The lowest BCUT2D eigenvalue weighted by molar-refractivity contribution is 0.0951. The normalized spacial score (nSPS) is 13.4. The maximum absolute atomic E-state index is 12.6. The SMILES string of the molecule is COc1cc2ncnc(Oc3ccc4c(C(=O)NC5CC5)c(C)oc4c3)c2cc1OC. The second-order valence-corrected chi connectivity index (χ2v) is 7.44. The van der Waals surface area contributed by atoms with Gasteiger partial charge in [0.1, 0.15) is 23.4 Å². The molecule has 0 radical (unpaired) electrons. The van der Waals surface area contributed by atoms with Gasteiger partial charge in [-0.2, -0.15) is 0 Å². The largest absolute Gasteiger partial charge is 0.493 e. The van der Waals surface area contributed by atoms with E-state index in [4.69, 9.17) is 18.6 Å². The van der Waals surface area contributed by atoms with Crippen LogP contribution in [-0.4, -0.2) is 36.1 Å². The molecule has 1 N–H and O–H groups in total. The second-order valence-electron chi connectivity index (χ2n) is 7.44. The zero-order chi connectivity index (χ0) is 21.5. The first kappa shape index (κ1) is 19.2. The fraction of sp³-hybridized carbons (Fsp3) is 0.261. The van der Waals surface area contributed by atoms with Crippen LogP contribution < -0.4 is 19.5 Å². The van der Waals surface area contributed by atoms with Crippen LogP contribution in [0.25, 0.3) is 21.9 Å². The number of carbonyl (C=O) groups excluding carboxylic acids is 1. The molecule has 0 spiro atoms. The van der Waals surface area contributed by atoms with Gasteiger partial charge in [0.15, 0.2) is 11.5 Å². The van der Waals surface area contributed by atoms with Crippen LogP contribution in [0.2, 0.25) is 0 Å². The number of ether oxygens (including phenoxy) is 3. The van der Waals surface area contributed by atoms with Crippen molar-refractivity contribution in [3.8, 4) is 23.1 Å². The van der Waals surface area contributed by atoms with E-state index < -0.39 is 0 Å². The smallest absolute Gasteiger partial charge is 0.255 e. The van der Waals surface area contributed by atoms with Gasteiger partial charge in [0.05, 0.1) is 30.7 Å². The fourth-order valence-electron chi connectivity index (χ4n) is 3.58. The first-order valence-electron chi connectivity index (χ1n) is 9.96. The number of furan rings is 1. The van der Waals surface area contributed by atoms with Crippen LogP contribution >= 0.6 is 0 Å². The van der Waals surface area contributed by atoms with E-state index >= 15 is 0 Å². The molecule has 0 aliphatic heterocycles. The molecule has 0 saturated heterocycles. The molecule has 2 heterocycles. The summed E-state index contributed by atoms with van der Waals surface area (Å²) in [5, 5.41) is 4.45. The number of carbonyl (C=O) groups is 1. The van der Waals surface area contributed by atoms with Gasteiger partial charge in [-0.05, 0) is 38.0 Å². The van der Waals surface area contributed by atoms with E-state index in [0.29, 0.717) is 50.9 Å². The van der Waals surface area contributed by atoms with Crippen molar-refractivity contribution >= 4 is 27.8 Å². The number of methoxy groups -OCH3 is 2. The standard InChI is InChI=1S/C23H21N3O5/c1-12-21(22(27)26-13-4-5-13)15-7-6-14(8-18(15)30-12)31-23-16-9-19(28-2)20(29-3)10-17(16)24-11-25-23/h6-11,13H,4-5H2,1-3H3,(H,26,27). The number of hydrogen-bond acceptors (Lipinski definition) is 7. The van der Waals surface area contributed by atoms with Crippen molar-refractivity contribution in [2.24, 2.45) is 0 Å². The van der Waals surface area contributed by atoms with Gasteiger partial charge in [-0.3, -0.25) is 4.79 Å². The number of fused-ring (bicyclic) bond motifs is 2. The summed E-state index contributed by atoms with van der Waals surface area (Å²) in [6.45, 7) is 1.79. The molecule has 1 aliphatic rings. The van der Waals surface area contributed by atoms with E-state index in [9.17, 15) is 4.79 Å². The highest BCUT2D eigenvalue weighted by molar-refractivity contribution is 6.07. The molecule has 31 heavy (non-hydrogen) atoms. The van der Waals surface area contributed by atoms with Crippen molar-refractivity contribution in [2.45, 2.75) is 25.8 Å². The maximum atomic E-state index is 12.6. The monoisotopic (exact) mass is 419 g/mol. The van der Waals surface area contributed by atoms with E-state index in [2.05, 4.69) is 15.3 Å². The summed E-state index contributed by atoms with van der Waals surface area (Å²) in [5.41, 5.74) is 1.81. The average molecular weight is 419 g/mol. The molecular weight excluding hydrogens is 398 g/mol. The Morgan fingerprint density at radius 2 is 1.84 bits per heavy atom. The van der Waals surface area contributed by atoms with E-state index in [-0.39, 0.29) is 11.9 Å². The predicted octanol–water partition coefficient (Wildman–Crippen LogP) is 4.39. The molecule has 2 aromatic heterocycles. The molecule has 158 valence electrons. The van der Waals surface area contributed by atoms with Crippen molar-refractivity contribution < 1.29 is 23.4 Å². The summed E-state index contributed by atoms with van der Waals surface area (Å²) in [6, 6.07) is 9.20. The highest BCUT2D eigenvalue weighted by Crippen LogP contribution is 2.37. The highest BCUT2D eigenvalue weighted by atomic mass is 16.5. The summed E-state index contributed by atoms with van der Waals surface area (Å²) in [4.78, 5) is 21.2. The quantitative estimate of drug-likeness (QED) is 0.495. The third kappa shape index (κ3) is 3.50. The van der Waals surface area contributed by atoms with Crippen molar-refractivity contribution in [1.82, 2.24) is 15.3 Å². The third-order valence-corrected chi connectivity index (χ3v) is 5.30. The Balaban J connectivity index is 1.50. The Labute approximate surface area is 178 Å². The molecule has 1 saturated carbocycles. The Morgan fingerprint density at radius 3 is 2.58 bits per heavy atom. The number of hydrogen-bond donors (Lipinski definition) is 1. The zero-order valence-electron chi connectivity index (χ0n) is 17.4. The summed E-state index contributed by atoms with van der Waals surface area (Å²) in [6.07, 6.45) is 3.49. The summed E-state index contributed by atoms with van der Waals surface area (Å²) < 4.78 is 22.6. The minimum absolute atomic E-state index is 0.102. The Hall–Kier alpha value is -3.81. The molecule has 0 bridgehead atoms. The van der Waals surface area contributed by atoms with E-state index in [0.717, 1.165) is 18.2 Å². The van der Waals surface area contributed by atoms with Crippen LogP contribution in [0.3, 0.4) is 0 Å². The Morgan fingerprint density at radius 1 is 1.06 bits per heavy atom. The minimum Gasteiger partial charge on any atom is -0.493 e. The number of nitrogens with one attached hydrogen (secondary N) is 1. The maximum Gasteiger partial charge on any atom is 0.255 e. The van der Waals surface area contributed by atoms with Gasteiger partial charge in [0, 0.05) is 23.6 Å². The number of benzene rings is 2. The van der Waals surface area contributed by atoms with Crippen LogP contribution in [-0.2, 0) is 0 Å². The number of aromatic nitrogens is 2. The lowest BCUT2D eigenvalue weighted by Gasteiger charge is -2.11. The molecule has 8 heteroatoms. The van der Waals surface area contributed by atoms with E-state index in [1.165, 1.54) is 6.33 Å². The second kappa shape index (κ2) is 7.46. The Bertz CT molecular complexity index is 1310.